The van der Waals surface area contributed by atoms with E-state index in [0.717, 1.165) is 0 Å². The smallest absolute Gasteiger partial charge is 0.265 e. The van der Waals surface area contributed by atoms with Gasteiger partial charge in [0.1, 0.15) is 0 Å². The minimum Gasteiger partial charge on any atom is -0.377 e. The molecular formula is C10H10N2O3. The SMILES string of the molecule is [C-]#[N+]c1ccc(C(C)OC)c([N+](=O)[O-])c1. The minimum atomic E-state index is -0.500. The molecule has 0 aliphatic rings. The molecule has 0 aliphatic heterocycles. The number of hydrogen-bond donors (Lipinski definition) is 0. The molecule has 0 amide bonds. The maximum atomic E-state index is 10.8. The van der Waals surface area contributed by atoms with Crippen LogP contribution >= 0.6 is 0 Å². The number of nitro groups is 1. The Kier molecular flexibility index (Phi) is 3.37. The molecule has 0 radical (unpaired) electrons. The average Bonchev–Trinajstić information content (AvgIpc) is 2.27. The van der Waals surface area contributed by atoms with E-state index in [1.54, 1.807) is 19.1 Å². The molecule has 1 aromatic carbocycles. The predicted octanol–water partition coefficient (Wildman–Crippen LogP) is 2.85. The van der Waals surface area contributed by atoms with Gasteiger partial charge >= 0.3 is 0 Å². The Morgan fingerprint density at radius 2 is 2.27 bits per heavy atom. The van der Waals surface area contributed by atoms with Gasteiger partial charge in [0.05, 0.1) is 23.2 Å². The first-order chi connectivity index (χ1) is 7.10. The maximum absolute atomic E-state index is 10.8. The van der Waals surface area contributed by atoms with Gasteiger partial charge in [0.15, 0.2) is 5.69 Å². The zero-order valence-corrected chi connectivity index (χ0v) is 8.43. The predicted molar refractivity (Wildman–Crippen MR) is 54.8 cm³/mol. The van der Waals surface area contributed by atoms with E-state index in [9.17, 15) is 10.1 Å². The Morgan fingerprint density at radius 3 is 2.73 bits per heavy atom. The lowest BCUT2D eigenvalue weighted by molar-refractivity contribution is -0.386. The minimum absolute atomic E-state index is 0.0714. The van der Waals surface area contributed by atoms with Crippen molar-refractivity contribution >= 4 is 11.4 Å². The van der Waals surface area contributed by atoms with Crippen LogP contribution in [0.3, 0.4) is 0 Å². The summed E-state index contributed by atoms with van der Waals surface area (Å²) in [4.78, 5) is 13.4. The lowest BCUT2D eigenvalue weighted by Crippen LogP contribution is -2.01. The Morgan fingerprint density at radius 1 is 1.60 bits per heavy atom. The van der Waals surface area contributed by atoms with E-state index >= 15 is 0 Å². The molecule has 0 N–H and O–H groups in total. The standard InChI is InChI=1S/C10H10N2O3/c1-7(15-3)9-5-4-8(11-2)6-10(9)12(13)14/h4-7H,1,3H3. The van der Waals surface area contributed by atoms with Gasteiger partial charge in [0.25, 0.3) is 5.69 Å². The molecule has 5 heteroatoms. The van der Waals surface area contributed by atoms with E-state index in [1.807, 2.05) is 0 Å². The monoisotopic (exact) mass is 206 g/mol. The summed E-state index contributed by atoms with van der Waals surface area (Å²) in [6.45, 7) is 8.50. The number of methoxy groups -OCH3 is 1. The van der Waals surface area contributed by atoms with Crippen LogP contribution in [-0.2, 0) is 4.74 Å². The number of ether oxygens (including phenoxy) is 1. The highest BCUT2D eigenvalue weighted by atomic mass is 16.6. The van der Waals surface area contributed by atoms with Crippen molar-refractivity contribution in [3.63, 3.8) is 0 Å². The maximum Gasteiger partial charge on any atom is 0.265 e. The van der Waals surface area contributed by atoms with Gasteiger partial charge in [-0.15, -0.1) is 0 Å². The van der Waals surface area contributed by atoms with E-state index in [2.05, 4.69) is 4.85 Å². The van der Waals surface area contributed by atoms with Crippen molar-refractivity contribution in [2.45, 2.75) is 13.0 Å². The van der Waals surface area contributed by atoms with Crippen molar-refractivity contribution in [2.75, 3.05) is 7.11 Å². The summed E-state index contributed by atoms with van der Waals surface area (Å²) >= 11 is 0. The molecule has 1 aromatic rings. The fourth-order valence-corrected chi connectivity index (χ4v) is 1.23. The zero-order chi connectivity index (χ0) is 11.4. The first kappa shape index (κ1) is 11.1. The lowest BCUT2D eigenvalue weighted by atomic mass is 10.1. The summed E-state index contributed by atoms with van der Waals surface area (Å²) in [7, 11) is 1.48. The third-order valence-corrected chi connectivity index (χ3v) is 2.13. The fourth-order valence-electron chi connectivity index (χ4n) is 1.23. The van der Waals surface area contributed by atoms with Crippen LogP contribution < -0.4 is 0 Å². The van der Waals surface area contributed by atoms with Crippen LogP contribution in [0.5, 0.6) is 0 Å². The van der Waals surface area contributed by atoms with Crippen molar-refractivity contribution in [1.82, 2.24) is 0 Å². The van der Waals surface area contributed by atoms with Crippen LogP contribution in [0.2, 0.25) is 0 Å². The van der Waals surface area contributed by atoms with Gasteiger partial charge in [0.2, 0.25) is 0 Å². The van der Waals surface area contributed by atoms with Gasteiger partial charge in [0, 0.05) is 13.2 Å². The molecule has 1 atom stereocenters. The summed E-state index contributed by atoms with van der Waals surface area (Å²) in [5.74, 6) is 0. The Bertz CT molecular complexity index is 423. The average molecular weight is 206 g/mol. The normalized spacial score (nSPS) is 11.8. The highest BCUT2D eigenvalue weighted by molar-refractivity contribution is 5.56. The summed E-state index contributed by atoms with van der Waals surface area (Å²) in [6, 6.07) is 4.36. The molecule has 1 unspecified atom stereocenters. The molecule has 1 rings (SSSR count). The number of hydrogen-bond acceptors (Lipinski definition) is 3. The van der Waals surface area contributed by atoms with Crippen LogP contribution in [0.15, 0.2) is 18.2 Å². The molecule has 0 saturated heterocycles. The first-order valence-electron chi connectivity index (χ1n) is 4.28. The lowest BCUT2D eigenvalue weighted by Gasteiger charge is -2.10. The van der Waals surface area contributed by atoms with Crippen molar-refractivity contribution in [3.8, 4) is 0 Å². The van der Waals surface area contributed by atoms with Crippen molar-refractivity contribution in [1.29, 1.82) is 0 Å². The second kappa shape index (κ2) is 4.53. The largest absolute Gasteiger partial charge is 0.377 e. The molecular weight excluding hydrogens is 196 g/mol. The van der Waals surface area contributed by atoms with Crippen LogP contribution in [0.4, 0.5) is 11.4 Å². The second-order valence-corrected chi connectivity index (χ2v) is 2.99. The Hall–Kier alpha value is -1.93. The second-order valence-electron chi connectivity index (χ2n) is 2.99. The molecule has 0 bridgehead atoms. The summed E-state index contributed by atoms with van der Waals surface area (Å²) < 4.78 is 5.02. The molecule has 5 nitrogen and oxygen atoms in total. The van der Waals surface area contributed by atoms with E-state index in [-0.39, 0.29) is 17.5 Å². The van der Waals surface area contributed by atoms with Gasteiger partial charge in [-0.1, -0.05) is 12.1 Å². The highest BCUT2D eigenvalue weighted by Gasteiger charge is 2.18. The number of nitro benzene ring substituents is 1. The molecule has 0 heterocycles. The van der Waals surface area contributed by atoms with Gasteiger partial charge in [-0.25, -0.2) is 4.85 Å². The van der Waals surface area contributed by atoms with E-state index < -0.39 is 4.92 Å². The van der Waals surface area contributed by atoms with E-state index in [0.29, 0.717) is 5.56 Å². The van der Waals surface area contributed by atoms with Gasteiger partial charge in [-0.3, -0.25) is 10.1 Å². The number of benzene rings is 1. The van der Waals surface area contributed by atoms with Gasteiger partial charge in [-0.2, -0.15) is 0 Å². The summed E-state index contributed by atoms with van der Waals surface area (Å²) in [6.07, 6.45) is -0.356. The van der Waals surface area contributed by atoms with Crippen LogP contribution in [0.1, 0.15) is 18.6 Å². The topological polar surface area (TPSA) is 56.7 Å². The van der Waals surface area contributed by atoms with Gasteiger partial charge in [-0.05, 0) is 6.92 Å². The number of rotatable bonds is 3. The van der Waals surface area contributed by atoms with E-state index in [4.69, 9.17) is 11.3 Å². The van der Waals surface area contributed by atoms with Crippen molar-refractivity contribution in [3.05, 3.63) is 45.3 Å². The quantitative estimate of drug-likeness (QED) is 0.434. The Labute approximate surface area is 87.3 Å². The molecule has 0 aromatic heterocycles. The molecule has 0 spiro atoms. The first-order valence-corrected chi connectivity index (χ1v) is 4.28. The molecule has 15 heavy (non-hydrogen) atoms. The summed E-state index contributed by atoms with van der Waals surface area (Å²) in [5, 5.41) is 10.8. The third-order valence-electron chi connectivity index (χ3n) is 2.13. The zero-order valence-electron chi connectivity index (χ0n) is 8.43. The summed E-state index contributed by atoms with van der Waals surface area (Å²) in [5.41, 5.74) is 0.668. The fraction of sp³-hybridized carbons (Fsp3) is 0.300. The highest BCUT2D eigenvalue weighted by Crippen LogP contribution is 2.30. The van der Waals surface area contributed by atoms with Crippen LogP contribution in [0.25, 0.3) is 4.85 Å². The molecule has 0 aliphatic carbocycles. The molecule has 78 valence electrons. The Balaban J connectivity index is 3.28. The van der Waals surface area contributed by atoms with Crippen LogP contribution in [-0.4, -0.2) is 12.0 Å². The van der Waals surface area contributed by atoms with Gasteiger partial charge < -0.3 is 4.74 Å². The van der Waals surface area contributed by atoms with E-state index in [1.165, 1.54) is 13.2 Å². The van der Waals surface area contributed by atoms with Crippen molar-refractivity contribution in [2.24, 2.45) is 0 Å². The molecule has 0 fully saturated rings. The third kappa shape index (κ3) is 2.30. The van der Waals surface area contributed by atoms with Crippen LogP contribution in [0, 0.1) is 16.7 Å². The molecule has 0 saturated carbocycles. The number of nitrogens with zero attached hydrogens (tertiary/aromatic N) is 2. The van der Waals surface area contributed by atoms with Crippen molar-refractivity contribution < 1.29 is 9.66 Å².